The Hall–Kier alpha value is -1.62. The molecule has 0 saturated heterocycles. The summed E-state index contributed by atoms with van der Waals surface area (Å²) in [6, 6.07) is 4.13. The number of hydrogen-bond acceptors (Lipinski definition) is 5. The summed E-state index contributed by atoms with van der Waals surface area (Å²) in [5.41, 5.74) is 0.435. The minimum Gasteiger partial charge on any atom is -0.466 e. The Labute approximate surface area is 135 Å². The Bertz CT molecular complexity index is 588. The molecule has 0 atom stereocenters. The zero-order valence-electron chi connectivity index (χ0n) is 13.3. The van der Waals surface area contributed by atoms with Crippen molar-refractivity contribution >= 4 is 17.3 Å². The van der Waals surface area contributed by atoms with Crippen LogP contribution >= 0.6 is 11.3 Å². The summed E-state index contributed by atoms with van der Waals surface area (Å²) in [6.07, 6.45) is 6.20. The van der Waals surface area contributed by atoms with Gasteiger partial charge in [-0.15, -0.1) is 11.3 Å². The fourth-order valence-electron chi connectivity index (χ4n) is 2.22. The SMILES string of the molecule is CCOC(=O)c1csc(CCCCCc2ccc(CC)o2)n1. The number of thiazole rings is 1. The highest BCUT2D eigenvalue weighted by Crippen LogP contribution is 2.16. The van der Waals surface area contributed by atoms with Crippen molar-refractivity contribution < 1.29 is 13.9 Å². The van der Waals surface area contributed by atoms with Crippen molar-refractivity contribution in [3.8, 4) is 0 Å². The van der Waals surface area contributed by atoms with Gasteiger partial charge in [-0.05, 0) is 38.3 Å². The van der Waals surface area contributed by atoms with Gasteiger partial charge in [0.2, 0.25) is 0 Å². The van der Waals surface area contributed by atoms with E-state index in [1.807, 2.05) is 0 Å². The lowest BCUT2D eigenvalue weighted by Gasteiger charge is -1.99. The third kappa shape index (κ3) is 4.98. The molecule has 0 aromatic carbocycles. The van der Waals surface area contributed by atoms with Crippen LogP contribution in [-0.2, 0) is 24.0 Å². The largest absolute Gasteiger partial charge is 0.466 e. The first kappa shape index (κ1) is 16.7. The number of rotatable bonds is 9. The lowest BCUT2D eigenvalue weighted by Crippen LogP contribution is -2.05. The summed E-state index contributed by atoms with van der Waals surface area (Å²) in [7, 11) is 0. The van der Waals surface area contributed by atoms with E-state index in [9.17, 15) is 4.79 Å². The second kappa shape index (κ2) is 8.73. The van der Waals surface area contributed by atoms with Gasteiger partial charge in [0.1, 0.15) is 11.5 Å². The van der Waals surface area contributed by atoms with Crippen molar-refractivity contribution in [3.05, 3.63) is 39.7 Å². The van der Waals surface area contributed by atoms with Gasteiger partial charge in [0.15, 0.2) is 5.69 Å². The predicted molar refractivity (Wildman–Crippen MR) is 87.4 cm³/mol. The van der Waals surface area contributed by atoms with Crippen LogP contribution in [0.25, 0.3) is 0 Å². The van der Waals surface area contributed by atoms with Crippen LogP contribution in [0.5, 0.6) is 0 Å². The highest BCUT2D eigenvalue weighted by Gasteiger charge is 2.11. The summed E-state index contributed by atoms with van der Waals surface area (Å²) in [5, 5.41) is 2.79. The summed E-state index contributed by atoms with van der Waals surface area (Å²) in [6.45, 7) is 4.28. The molecule has 0 bridgehead atoms. The highest BCUT2D eigenvalue weighted by molar-refractivity contribution is 7.09. The molecule has 22 heavy (non-hydrogen) atoms. The topological polar surface area (TPSA) is 52.3 Å². The Morgan fingerprint density at radius 1 is 1.18 bits per heavy atom. The van der Waals surface area contributed by atoms with Gasteiger partial charge in [0.25, 0.3) is 0 Å². The minimum absolute atomic E-state index is 0.324. The standard InChI is InChI=1S/C17H23NO3S/c1-3-13-10-11-14(21-13)8-6-5-7-9-16-18-15(12-22-16)17(19)20-4-2/h10-12H,3-9H2,1-2H3. The molecule has 2 aromatic rings. The second-order valence-electron chi connectivity index (χ2n) is 5.13. The van der Waals surface area contributed by atoms with E-state index >= 15 is 0 Å². The number of furan rings is 1. The summed E-state index contributed by atoms with van der Waals surface area (Å²) in [5.74, 6) is 1.81. The number of ether oxygens (including phenoxy) is 1. The average Bonchev–Trinajstić information content (AvgIpc) is 3.16. The van der Waals surface area contributed by atoms with Gasteiger partial charge < -0.3 is 9.15 Å². The Kier molecular flexibility index (Phi) is 6.65. The molecule has 0 aliphatic rings. The summed E-state index contributed by atoms with van der Waals surface area (Å²) in [4.78, 5) is 15.9. The third-order valence-electron chi connectivity index (χ3n) is 3.42. The van der Waals surface area contributed by atoms with E-state index in [0.29, 0.717) is 12.3 Å². The summed E-state index contributed by atoms with van der Waals surface area (Å²) >= 11 is 1.53. The molecule has 0 unspecified atom stereocenters. The molecule has 0 aliphatic carbocycles. The van der Waals surface area contributed by atoms with E-state index < -0.39 is 0 Å². The van der Waals surface area contributed by atoms with E-state index in [1.165, 1.54) is 11.3 Å². The molecule has 0 radical (unpaired) electrons. The van der Waals surface area contributed by atoms with E-state index in [1.54, 1.807) is 12.3 Å². The lowest BCUT2D eigenvalue weighted by atomic mass is 10.1. The second-order valence-corrected chi connectivity index (χ2v) is 6.07. The maximum absolute atomic E-state index is 11.5. The Balaban J connectivity index is 1.65. The minimum atomic E-state index is -0.324. The molecule has 0 spiro atoms. The number of hydrogen-bond donors (Lipinski definition) is 0. The quantitative estimate of drug-likeness (QED) is 0.506. The number of unbranched alkanes of at least 4 members (excludes halogenated alkanes) is 2. The van der Waals surface area contributed by atoms with Crippen LogP contribution in [0.2, 0.25) is 0 Å². The van der Waals surface area contributed by atoms with E-state index in [0.717, 1.165) is 55.1 Å². The molecule has 0 N–H and O–H groups in total. The molecule has 4 nitrogen and oxygen atoms in total. The van der Waals surface area contributed by atoms with Crippen LogP contribution in [0.15, 0.2) is 21.9 Å². The van der Waals surface area contributed by atoms with Gasteiger partial charge in [0, 0.05) is 18.2 Å². The van der Waals surface area contributed by atoms with Crippen LogP contribution in [-0.4, -0.2) is 17.6 Å². The molecule has 2 rings (SSSR count). The van der Waals surface area contributed by atoms with Crippen molar-refractivity contribution in [1.29, 1.82) is 0 Å². The third-order valence-corrected chi connectivity index (χ3v) is 4.32. The van der Waals surface area contributed by atoms with E-state index in [4.69, 9.17) is 9.15 Å². The molecule has 0 saturated carbocycles. The van der Waals surface area contributed by atoms with E-state index in [2.05, 4.69) is 24.0 Å². The van der Waals surface area contributed by atoms with Gasteiger partial charge in [-0.3, -0.25) is 0 Å². The molecule has 0 aliphatic heterocycles. The molecule has 0 fully saturated rings. The van der Waals surface area contributed by atoms with Crippen LogP contribution < -0.4 is 0 Å². The molecular weight excluding hydrogens is 298 g/mol. The van der Waals surface area contributed by atoms with Crippen molar-refractivity contribution in [2.45, 2.75) is 52.4 Å². The number of esters is 1. The van der Waals surface area contributed by atoms with Crippen LogP contribution in [0.3, 0.4) is 0 Å². The Morgan fingerprint density at radius 2 is 1.95 bits per heavy atom. The number of carbonyl (C=O) groups excluding carboxylic acids is 1. The molecular formula is C17H23NO3S. The molecule has 0 amide bonds. The van der Waals surface area contributed by atoms with Crippen molar-refractivity contribution in [1.82, 2.24) is 4.98 Å². The average molecular weight is 321 g/mol. The predicted octanol–water partition coefficient (Wildman–Crippen LogP) is 4.43. The van der Waals surface area contributed by atoms with Crippen LogP contribution in [0, 0.1) is 0 Å². The van der Waals surface area contributed by atoms with E-state index in [-0.39, 0.29) is 5.97 Å². The fourth-order valence-corrected chi connectivity index (χ4v) is 3.03. The first-order chi connectivity index (χ1) is 10.7. The number of carbonyl (C=O) groups is 1. The smallest absolute Gasteiger partial charge is 0.357 e. The van der Waals surface area contributed by atoms with Gasteiger partial charge in [-0.1, -0.05) is 13.3 Å². The monoisotopic (exact) mass is 321 g/mol. The van der Waals surface area contributed by atoms with Crippen LogP contribution in [0.1, 0.15) is 60.1 Å². The molecule has 5 heteroatoms. The normalized spacial score (nSPS) is 10.8. The van der Waals surface area contributed by atoms with Gasteiger partial charge in [-0.25, -0.2) is 9.78 Å². The molecule has 120 valence electrons. The number of aryl methyl sites for hydroxylation is 3. The first-order valence-corrected chi connectivity index (χ1v) is 8.80. The van der Waals surface area contributed by atoms with Crippen molar-refractivity contribution in [2.75, 3.05) is 6.61 Å². The number of nitrogens with zero attached hydrogens (tertiary/aromatic N) is 1. The maximum Gasteiger partial charge on any atom is 0.357 e. The van der Waals surface area contributed by atoms with Gasteiger partial charge in [0.05, 0.1) is 11.6 Å². The number of aromatic nitrogens is 1. The van der Waals surface area contributed by atoms with Crippen molar-refractivity contribution in [2.24, 2.45) is 0 Å². The zero-order valence-corrected chi connectivity index (χ0v) is 14.1. The lowest BCUT2D eigenvalue weighted by molar-refractivity contribution is 0.0520. The maximum atomic E-state index is 11.5. The summed E-state index contributed by atoms with van der Waals surface area (Å²) < 4.78 is 10.6. The highest BCUT2D eigenvalue weighted by atomic mass is 32.1. The first-order valence-electron chi connectivity index (χ1n) is 7.92. The van der Waals surface area contributed by atoms with Crippen molar-refractivity contribution in [3.63, 3.8) is 0 Å². The van der Waals surface area contributed by atoms with Crippen LogP contribution in [0.4, 0.5) is 0 Å². The van der Waals surface area contributed by atoms with Gasteiger partial charge in [-0.2, -0.15) is 0 Å². The Morgan fingerprint density at radius 3 is 2.68 bits per heavy atom. The molecule has 2 aromatic heterocycles. The fraction of sp³-hybridized carbons (Fsp3) is 0.529. The van der Waals surface area contributed by atoms with Gasteiger partial charge >= 0.3 is 5.97 Å². The zero-order chi connectivity index (χ0) is 15.8. The molecule has 2 heterocycles.